The highest BCUT2D eigenvalue weighted by molar-refractivity contribution is 9.10. The van der Waals surface area contributed by atoms with Gasteiger partial charge in [0.2, 0.25) is 0 Å². The maximum absolute atomic E-state index is 12.0. The number of amides is 1. The Kier molecular flexibility index (Phi) is 6.29. The lowest BCUT2D eigenvalue weighted by Gasteiger charge is -2.24. The lowest BCUT2D eigenvalue weighted by molar-refractivity contribution is 0.0287. The fourth-order valence-electron chi connectivity index (χ4n) is 2.52. The van der Waals surface area contributed by atoms with Crippen molar-refractivity contribution in [1.29, 1.82) is 0 Å². The molecule has 1 aromatic heterocycles. The number of nitrogens with zero attached hydrogens (tertiary/aromatic N) is 1. The highest BCUT2D eigenvalue weighted by Crippen LogP contribution is 2.23. The third kappa shape index (κ3) is 5.56. The Morgan fingerprint density at radius 1 is 1.55 bits per heavy atom. The molecule has 2 rings (SSSR count). The van der Waals surface area contributed by atoms with Crippen LogP contribution in [0.5, 0.6) is 0 Å². The number of hydrogen-bond acceptors (Lipinski definition) is 4. The molecule has 4 nitrogen and oxygen atoms in total. The molecule has 1 aliphatic heterocycles. The third-order valence-corrected chi connectivity index (χ3v) is 5.57. The fourth-order valence-corrected chi connectivity index (χ4v) is 3.98. The van der Waals surface area contributed by atoms with Crippen molar-refractivity contribution in [2.45, 2.75) is 45.8 Å². The van der Waals surface area contributed by atoms with Gasteiger partial charge in [0.1, 0.15) is 5.60 Å². The molecule has 1 aliphatic rings. The predicted molar refractivity (Wildman–Crippen MR) is 94.3 cm³/mol. The number of nitrogens with one attached hydrogen (secondary N) is 1. The molecular weight excluding hydrogens is 364 g/mol. The molecule has 22 heavy (non-hydrogen) atoms. The summed E-state index contributed by atoms with van der Waals surface area (Å²) in [5.41, 5.74) is -0.412. The Balaban J connectivity index is 1.64. The number of carbonyl (C=O) groups excluding carboxylic acids is 1. The minimum absolute atomic E-state index is 0.175. The summed E-state index contributed by atoms with van der Waals surface area (Å²) in [5.74, 6) is 0.576. The number of thiophene rings is 1. The van der Waals surface area contributed by atoms with Gasteiger partial charge in [0.15, 0.2) is 0 Å². The van der Waals surface area contributed by atoms with E-state index in [4.69, 9.17) is 4.74 Å². The van der Waals surface area contributed by atoms with Gasteiger partial charge in [-0.1, -0.05) is 0 Å². The van der Waals surface area contributed by atoms with Crippen LogP contribution in [0.25, 0.3) is 0 Å². The van der Waals surface area contributed by atoms with E-state index in [9.17, 15) is 4.79 Å². The van der Waals surface area contributed by atoms with Gasteiger partial charge >= 0.3 is 6.09 Å². The minimum Gasteiger partial charge on any atom is -0.444 e. The molecule has 1 N–H and O–H groups in total. The van der Waals surface area contributed by atoms with Gasteiger partial charge in [-0.05, 0) is 73.5 Å². The van der Waals surface area contributed by atoms with E-state index < -0.39 is 5.60 Å². The Morgan fingerprint density at radius 3 is 2.95 bits per heavy atom. The average molecular weight is 389 g/mol. The van der Waals surface area contributed by atoms with Crippen molar-refractivity contribution < 1.29 is 9.53 Å². The monoisotopic (exact) mass is 388 g/mol. The number of halogens is 1. The molecule has 1 saturated heterocycles. The van der Waals surface area contributed by atoms with Crippen molar-refractivity contribution in [3.05, 3.63) is 20.8 Å². The van der Waals surface area contributed by atoms with E-state index in [2.05, 4.69) is 32.7 Å². The molecule has 1 fully saturated rings. The van der Waals surface area contributed by atoms with Crippen molar-refractivity contribution >= 4 is 33.4 Å². The second-order valence-electron chi connectivity index (χ2n) is 6.74. The van der Waals surface area contributed by atoms with Crippen LogP contribution in [0.3, 0.4) is 0 Å². The molecule has 0 saturated carbocycles. The zero-order valence-corrected chi connectivity index (χ0v) is 15.9. The molecule has 1 atom stereocenters. The molecular formula is C16H25BrN2O2S. The van der Waals surface area contributed by atoms with Crippen LogP contribution in [0.15, 0.2) is 15.9 Å². The number of likely N-dealkylation sites (tertiary alicyclic amines) is 1. The van der Waals surface area contributed by atoms with Gasteiger partial charge in [0.05, 0.1) is 0 Å². The molecule has 0 bridgehead atoms. The summed E-state index contributed by atoms with van der Waals surface area (Å²) in [5, 5.41) is 5.58. The second kappa shape index (κ2) is 7.79. The summed E-state index contributed by atoms with van der Waals surface area (Å²) in [6.07, 6.45) is 2.00. The van der Waals surface area contributed by atoms with Crippen LogP contribution in [-0.4, -0.2) is 36.2 Å². The second-order valence-corrected chi connectivity index (χ2v) is 8.59. The molecule has 2 heterocycles. The highest BCUT2D eigenvalue weighted by Gasteiger charge is 2.29. The summed E-state index contributed by atoms with van der Waals surface area (Å²) in [4.78, 5) is 15.2. The number of carbonyl (C=O) groups is 1. The topological polar surface area (TPSA) is 41.6 Å². The van der Waals surface area contributed by atoms with E-state index in [0.29, 0.717) is 5.92 Å². The summed E-state index contributed by atoms with van der Waals surface area (Å²) >= 11 is 5.31. The van der Waals surface area contributed by atoms with Crippen LogP contribution >= 0.6 is 27.3 Å². The van der Waals surface area contributed by atoms with Crippen molar-refractivity contribution in [1.82, 2.24) is 10.2 Å². The molecule has 1 unspecified atom stereocenters. The van der Waals surface area contributed by atoms with Crippen LogP contribution < -0.4 is 5.32 Å². The van der Waals surface area contributed by atoms with Gasteiger partial charge in [-0.3, -0.25) is 0 Å². The van der Waals surface area contributed by atoms with E-state index in [1.54, 1.807) is 11.3 Å². The Bertz CT molecular complexity index is 499. The maximum atomic E-state index is 12.0. The lowest BCUT2D eigenvalue weighted by Crippen LogP contribution is -2.35. The lowest BCUT2D eigenvalue weighted by atomic mass is 10.1. The SMILES string of the molecule is CC(C)(C)OC(=O)N1CCC(CCNCc2sccc2Br)C1. The normalized spacial score (nSPS) is 18.7. The fraction of sp³-hybridized carbons (Fsp3) is 0.688. The van der Waals surface area contributed by atoms with E-state index in [0.717, 1.165) is 39.0 Å². The average Bonchev–Trinajstić information content (AvgIpc) is 3.02. The minimum atomic E-state index is -0.412. The Morgan fingerprint density at radius 2 is 2.32 bits per heavy atom. The standard InChI is InChI=1S/C16H25BrN2O2S/c1-16(2,3)21-15(20)19-8-5-12(11-19)4-7-18-10-14-13(17)6-9-22-14/h6,9,12,18H,4-5,7-8,10-11H2,1-3H3. The first-order chi connectivity index (χ1) is 10.3. The van der Waals surface area contributed by atoms with Crippen LogP contribution in [0, 0.1) is 5.92 Å². The summed E-state index contributed by atoms with van der Waals surface area (Å²) in [6, 6.07) is 2.08. The largest absolute Gasteiger partial charge is 0.444 e. The summed E-state index contributed by atoms with van der Waals surface area (Å²) < 4.78 is 6.61. The van der Waals surface area contributed by atoms with Gasteiger partial charge in [0, 0.05) is 29.0 Å². The number of rotatable bonds is 5. The van der Waals surface area contributed by atoms with Crippen molar-refractivity contribution in [3.8, 4) is 0 Å². The summed E-state index contributed by atoms with van der Waals surface area (Å²) in [6.45, 7) is 9.24. The molecule has 1 aromatic rings. The van der Waals surface area contributed by atoms with Crippen LogP contribution in [0.2, 0.25) is 0 Å². The first kappa shape index (κ1) is 17.8. The van der Waals surface area contributed by atoms with Gasteiger partial charge < -0.3 is 15.0 Å². The molecule has 0 aromatic carbocycles. The Labute approximate surface area is 145 Å². The van der Waals surface area contributed by atoms with Gasteiger partial charge in [0.25, 0.3) is 0 Å². The predicted octanol–water partition coefficient (Wildman–Crippen LogP) is 4.25. The first-order valence-corrected chi connectivity index (χ1v) is 9.43. The molecule has 0 aliphatic carbocycles. The highest BCUT2D eigenvalue weighted by atomic mass is 79.9. The molecule has 0 radical (unpaired) electrons. The van der Waals surface area contributed by atoms with Gasteiger partial charge in [-0.25, -0.2) is 4.79 Å². The van der Waals surface area contributed by atoms with Crippen molar-refractivity contribution in [3.63, 3.8) is 0 Å². The van der Waals surface area contributed by atoms with Crippen LogP contribution in [0.4, 0.5) is 4.79 Å². The van der Waals surface area contributed by atoms with Crippen molar-refractivity contribution in [2.24, 2.45) is 5.92 Å². The maximum Gasteiger partial charge on any atom is 0.410 e. The summed E-state index contributed by atoms with van der Waals surface area (Å²) in [7, 11) is 0. The molecule has 1 amide bonds. The number of ether oxygens (including phenoxy) is 1. The smallest absolute Gasteiger partial charge is 0.410 e. The molecule has 0 spiro atoms. The molecule has 124 valence electrons. The van der Waals surface area contributed by atoms with Gasteiger partial charge in [-0.15, -0.1) is 11.3 Å². The van der Waals surface area contributed by atoms with Crippen LogP contribution in [0.1, 0.15) is 38.5 Å². The zero-order chi connectivity index (χ0) is 16.2. The van der Waals surface area contributed by atoms with E-state index in [1.807, 2.05) is 25.7 Å². The molecule has 6 heteroatoms. The number of hydrogen-bond donors (Lipinski definition) is 1. The van der Waals surface area contributed by atoms with Crippen LogP contribution in [-0.2, 0) is 11.3 Å². The van der Waals surface area contributed by atoms with E-state index in [-0.39, 0.29) is 6.09 Å². The van der Waals surface area contributed by atoms with Crippen molar-refractivity contribution in [2.75, 3.05) is 19.6 Å². The zero-order valence-electron chi connectivity index (χ0n) is 13.5. The van der Waals surface area contributed by atoms with E-state index in [1.165, 1.54) is 9.35 Å². The van der Waals surface area contributed by atoms with E-state index >= 15 is 0 Å². The Hall–Kier alpha value is -0.590. The third-order valence-electron chi connectivity index (χ3n) is 3.64. The van der Waals surface area contributed by atoms with Gasteiger partial charge in [-0.2, -0.15) is 0 Å². The first-order valence-electron chi connectivity index (χ1n) is 7.75. The quantitative estimate of drug-likeness (QED) is 0.766.